The van der Waals surface area contributed by atoms with Gasteiger partial charge in [-0.05, 0) is 6.92 Å². The molecule has 2 saturated heterocycles. The molecule has 2 rings (SSSR count). The van der Waals surface area contributed by atoms with Gasteiger partial charge in [-0.2, -0.15) is 0 Å². The number of carboxylic acid groups (broad SMARTS) is 1. The number of hydrogen-bond acceptors (Lipinski definition) is 6. The van der Waals surface area contributed by atoms with Gasteiger partial charge in [0.1, 0.15) is 0 Å². The van der Waals surface area contributed by atoms with Crippen molar-refractivity contribution in [2.45, 2.75) is 19.1 Å². The van der Waals surface area contributed by atoms with Crippen LogP contribution in [0, 0.1) is 0 Å². The van der Waals surface area contributed by atoms with E-state index in [-0.39, 0.29) is 49.9 Å². The zero-order valence-corrected chi connectivity index (χ0v) is 11.0. The van der Waals surface area contributed by atoms with Crippen LogP contribution in [0.5, 0.6) is 0 Å². The summed E-state index contributed by atoms with van der Waals surface area (Å²) in [6.07, 6.45) is -1.06. The van der Waals surface area contributed by atoms with Gasteiger partial charge in [-0.25, -0.2) is 4.79 Å². The number of carbonyl (C=O) groups excluding carboxylic acids is 3. The van der Waals surface area contributed by atoms with Crippen LogP contribution in [0.4, 0.5) is 0 Å². The Kier molecular flexibility index (Phi) is 4.00. The fourth-order valence-electron chi connectivity index (χ4n) is 2.38. The minimum atomic E-state index is -1.13. The predicted molar refractivity (Wildman–Crippen MR) is 65.3 cm³/mol. The Labute approximate surface area is 114 Å². The number of carboxylic acids is 1. The molecular weight excluding hydrogens is 268 g/mol. The highest BCUT2D eigenvalue weighted by molar-refractivity contribution is 5.99. The monoisotopic (exact) mass is 284 g/mol. The number of piperazine rings is 1. The number of aliphatic carboxylic acids is 1. The number of nitrogens with one attached hydrogen (secondary N) is 2. The Hall–Kier alpha value is -2.00. The van der Waals surface area contributed by atoms with E-state index in [1.807, 2.05) is 0 Å². The molecule has 3 N–H and O–H groups in total. The van der Waals surface area contributed by atoms with Gasteiger partial charge in [0.05, 0.1) is 19.6 Å². The molecule has 0 aliphatic carbocycles. The first-order valence-electron chi connectivity index (χ1n) is 6.20. The molecule has 2 heterocycles. The molecule has 0 aromatic heterocycles. The van der Waals surface area contributed by atoms with Crippen molar-refractivity contribution >= 4 is 23.7 Å². The van der Waals surface area contributed by atoms with Crippen molar-refractivity contribution in [3.63, 3.8) is 0 Å². The lowest BCUT2D eigenvalue weighted by Crippen LogP contribution is -2.57. The number of nitrogens with zero attached hydrogens (tertiary/aromatic N) is 2. The molecule has 0 aromatic rings. The largest absolute Gasteiger partial charge is 0.479 e. The van der Waals surface area contributed by atoms with E-state index in [9.17, 15) is 19.2 Å². The van der Waals surface area contributed by atoms with Gasteiger partial charge in [-0.15, -0.1) is 0 Å². The second kappa shape index (κ2) is 5.55. The zero-order chi connectivity index (χ0) is 14.9. The molecule has 2 fully saturated rings. The number of amides is 3. The van der Waals surface area contributed by atoms with E-state index in [2.05, 4.69) is 10.6 Å². The van der Waals surface area contributed by atoms with Crippen LogP contribution < -0.4 is 10.6 Å². The Bertz CT molecular complexity index is 450. The Morgan fingerprint density at radius 1 is 1.25 bits per heavy atom. The summed E-state index contributed by atoms with van der Waals surface area (Å²) >= 11 is 0. The minimum absolute atomic E-state index is 0.00467. The highest BCUT2D eigenvalue weighted by Crippen LogP contribution is 2.10. The van der Waals surface area contributed by atoms with Gasteiger partial charge in [0.25, 0.3) is 0 Å². The molecule has 0 radical (unpaired) electrons. The van der Waals surface area contributed by atoms with Crippen molar-refractivity contribution in [3.8, 4) is 0 Å². The van der Waals surface area contributed by atoms with Crippen molar-refractivity contribution in [1.82, 2.24) is 20.4 Å². The maximum atomic E-state index is 11.3. The molecule has 2 atom stereocenters. The predicted octanol–water partition coefficient (Wildman–Crippen LogP) is -2.82. The Balaban J connectivity index is 1.98. The smallest absolute Gasteiger partial charge is 0.341 e. The Morgan fingerprint density at radius 3 is 2.40 bits per heavy atom. The van der Waals surface area contributed by atoms with Crippen LogP contribution in [0.25, 0.3) is 0 Å². The molecule has 9 nitrogen and oxygen atoms in total. The van der Waals surface area contributed by atoms with Crippen molar-refractivity contribution in [2.75, 3.05) is 26.2 Å². The summed E-state index contributed by atoms with van der Waals surface area (Å²) in [7, 11) is 0. The molecule has 110 valence electrons. The normalized spacial score (nSPS) is 26.2. The second-order valence-corrected chi connectivity index (χ2v) is 4.96. The van der Waals surface area contributed by atoms with E-state index in [1.165, 1.54) is 4.90 Å². The van der Waals surface area contributed by atoms with Crippen LogP contribution in [-0.4, -0.2) is 77.0 Å². The summed E-state index contributed by atoms with van der Waals surface area (Å²) in [6.45, 7) is 2.22. The molecule has 2 aliphatic heterocycles. The average Bonchev–Trinajstić information content (AvgIpc) is 2.69. The summed E-state index contributed by atoms with van der Waals surface area (Å²) in [5, 5.41) is 13.6. The van der Waals surface area contributed by atoms with Crippen LogP contribution in [0.1, 0.15) is 6.92 Å². The average molecular weight is 284 g/mol. The van der Waals surface area contributed by atoms with Crippen LogP contribution >= 0.6 is 0 Å². The third-order valence-electron chi connectivity index (χ3n) is 3.34. The van der Waals surface area contributed by atoms with Crippen molar-refractivity contribution < 1.29 is 24.3 Å². The van der Waals surface area contributed by atoms with Crippen LogP contribution in [0.15, 0.2) is 0 Å². The third kappa shape index (κ3) is 3.11. The van der Waals surface area contributed by atoms with Crippen LogP contribution in [0.2, 0.25) is 0 Å². The van der Waals surface area contributed by atoms with E-state index in [4.69, 9.17) is 5.11 Å². The molecule has 0 bridgehead atoms. The quantitative estimate of drug-likeness (QED) is 0.476. The minimum Gasteiger partial charge on any atom is -0.479 e. The highest BCUT2D eigenvalue weighted by atomic mass is 16.4. The van der Waals surface area contributed by atoms with Crippen molar-refractivity contribution in [1.29, 1.82) is 0 Å². The summed E-state index contributed by atoms with van der Waals surface area (Å²) in [6, 6.07) is -0.223. The number of imide groups is 1. The van der Waals surface area contributed by atoms with Gasteiger partial charge in [0.2, 0.25) is 17.7 Å². The standard InChI is InChI=1S/C11H16N4O5/c1-6(14-3-7(16)12-8(17)4-14)2-15-5-9(18)13-10(15)11(19)20/h6,10H,2-5H2,1H3,(H,13,18)(H,19,20)(H,12,16,17)/t6-,10?/m0/s1. The van der Waals surface area contributed by atoms with Crippen molar-refractivity contribution in [3.05, 3.63) is 0 Å². The molecular formula is C11H16N4O5. The molecule has 3 amide bonds. The molecule has 20 heavy (non-hydrogen) atoms. The van der Waals surface area contributed by atoms with Gasteiger partial charge in [-0.1, -0.05) is 0 Å². The fourth-order valence-corrected chi connectivity index (χ4v) is 2.38. The first kappa shape index (κ1) is 14.4. The summed E-state index contributed by atoms with van der Waals surface area (Å²) < 4.78 is 0. The van der Waals surface area contributed by atoms with Gasteiger partial charge >= 0.3 is 5.97 Å². The lowest BCUT2D eigenvalue weighted by atomic mass is 10.2. The molecule has 2 aliphatic rings. The SMILES string of the molecule is C[C@@H](CN1CC(=O)NC1C(=O)O)N1CC(=O)NC(=O)C1. The third-order valence-corrected chi connectivity index (χ3v) is 3.34. The molecule has 0 aromatic carbocycles. The number of hydrogen-bond donors (Lipinski definition) is 3. The van der Waals surface area contributed by atoms with E-state index in [0.717, 1.165) is 0 Å². The summed E-state index contributed by atoms with van der Waals surface area (Å²) in [5.74, 6) is -2.23. The molecule has 0 spiro atoms. The van der Waals surface area contributed by atoms with Gasteiger partial charge in [0, 0.05) is 12.6 Å². The van der Waals surface area contributed by atoms with E-state index < -0.39 is 12.1 Å². The highest BCUT2D eigenvalue weighted by Gasteiger charge is 2.37. The summed E-state index contributed by atoms with van der Waals surface area (Å²) in [4.78, 5) is 48.1. The number of rotatable bonds is 4. The first-order valence-corrected chi connectivity index (χ1v) is 6.20. The summed E-state index contributed by atoms with van der Waals surface area (Å²) in [5.41, 5.74) is 0. The van der Waals surface area contributed by atoms with Crippen LogP contribution in [0.3, 0.4) is 0 Å². The molecule has 9 heteroatoms. The van der Waals surface area contributed by atoms with Gasteiger partial charge < -0.3 is 10.4 Å². The van der Waals surface area contributed by atoms with Crippen molar-refractivity contribution in [2.24, 2.45) is 0 Å². The van der Waals surface area contributed by atoms with E-state index in [1.54, 1.807) is 11.8 Å². The fraction of sp³-hybridized carbons (Fsp3) is 0.636. The zero-order valence-electron chi connectivity index (χ0n) is 11.0. The van der Waals surface area contributed by atoms with E-state index in [0.29, 0.717) is 0 Å². The maximum Gasteiger partial charge on any atom is 0.341 e. The lowest BCUT2D eigenvalue weighted by molar-refractivity contribution is -0.144. The topological polar surface area (TPSA) is 119 Å². The van der Waals surface area contributed by atoms with Crippen LogP contribution in [-0.2, 0) is 19.2 Å². The Morgan fingerprint density at radius 2 is 1.85 bits per heavy atom. The first-order chi connectivity index (χ1) is 9.36. The van der Waals surface area contributed by atoms with Gasteiger partial charge in [0.15, 0.2) is 6.17 Å². The lowest BCUT2D eigenvalue weighted by Gasteiger charge is -2.33. The molecule has 0 saturated carbocycles. The maximum absolute atomic E-state index is 11.3. The molecule has 1 unspecified atom stereocenters. The van der Waals surface area contributed by atoms with E-state index >= 15 is 0 Å². The number of carbonyl (C=O) groups is 4. The second-order valence-electron chi connectivity index (χ2n) is 4.96. The van der Waals surface area contributed by atoms with Gasteiger partial charge in [-0.3, -0.25) is 29.5 Å².